The molecule has 0 saturated carbocycles. The highest BCUT2D eigenvalue weighted by Gasteiger charge is 2.32. The summed E-state index contributed by atoms with van der Waals surface area (Å²) >= 11 is 6.53. The first-order valence-electron chi connectivity index (χ1n) is 5.79. The number of sulfone groups is 1. The Morgan fingerprint density at radius 3 is 2.45 bits per heavy atom. The first kappa shape index (κ1) is 16.4. The third-order valence-electron chi connectivity index (χ3n) is 3.06. The maximum atomic E-state index is 12.3. The summed E-state index contributed by atoms with van der Waals surface area (Å²) in [5, 5.41) is 0. The zero-order valence-electron chi connectivity index (χ0n) is 10.6. The van der Waals surface area contributed by atoms with Crippen LogP contribution in [0.25, 0.3) is 0 Å². The number of hydrogen-bond acceptors (Lipinski definition) is 4. The lowest BCUT2D eigenvalue weighted by Crippen LogP contribution is -2.35. The highest BCUT2D eigenvalue weighted by molar-refractivity contribution is 9.11. The van der Waals surface area contributed by atoms with Crippen molar-refractivity contribution in [2.45, 2.75) is 24.3 Å². The van der Waals surface area contributed by atoms with E-state index in [0.29, 0.717) is 15.4 Å². The number of hydrogen-bond donors (Lipinski definition) is 1. The van der Waals surface area contributed by atoms with Crippen molar-refractivity contribution in [2.75, 3.05) is 11.5 Å². The monoisotopic (exact) mass is 445 g/mol. The smallest absolute Gasteiger partial charge is 0.229 e. The third-order valence-corrected chi connectivity index (χ3v) is 8.16. The van der Waals surface area contributed by atoms with Crippen LogP contribution >= 0.6 is 31.9 Å². The van der Waals surface area contributed by atoms with Gasteiger partial charge in [0.1, 0.15) is 0 Å². The Balaban J connectivity index is 2.30. The molecule has 2 rings (SSSR count). The van der Waals surface area contributed by atoms with Crippen molar-refractivity contribution >= 4 is 51.7 Å². The maximum Gasteiger partial charge on any atom is 0.242 e. The summed E-state index contributed by atoms with van der Waals surface area (Å²) in [5.41, 5.74) is 0.902. The molecular formula is C11H13Br2NO4S2. The molecule has 20 heavy (non-hydrogen) atoms. The van der Waals surface area contributed by atoms with Gasteiger partial charge in [-0.15, -0.1) is 0 Å². The minimum atomic E-state index is -3.76. The van der Waals surface area contributed by atoms with Crippen molar-refractivity contribution < 1.29 is 16.8 Å². The van der Waals surface area contributed by atoms with Crippen LogP contribution in [0.3, 0.4) is 0 Å². The van der Waals surface area contributed by atoms with Crippen LogP contribution in [0.4, 0.5) is 0 Å². The summed E-state index contributed by atoms with van der Waals surface area (Å²) in [6.07, 6.45) is 0.312. The Morgan fingerprint density at radius 1 is 1.25 bits per heavy atom. The summed E-state index contributed by atoms with van der Waals surface area (Å²) in [6.45, 7) is 1.85. The van der Waals surface area contributed by atoms with E-state index in [0.717, 1.165) is 5.56 Å². The molecule has 1 fully saturated rings. The van der Waals surface area contributed by atoms with Crippen molar-refractivity contribution in [1.82, 2.24) is 4.72 Å². The zero-order chi connectivity index (χ0) is 15.1. The molecule has 0 aromatic heterocycles. The van der Waals surface area contributed by atoms with E-state index in [1.165, 1.54) is 6.07 Å². The van der Waals surface area contributed by atoms with Gasteiger partial charge in [-0.3, -0.25) is 0 Å². The Kier molecular flexibility index (Phi) is 4.66. The van der Waals surface area contributed by atoms with Crippen LogP contribution in [0.1, 0.15) is 12.0 Å². The molecule has 1 unspecified atom stereocenters. The number of aryl methyl sites for hydroxylation is 1. The molecular weight excluding hydrogens is 434 g/mol. The highest BCUT2D eigenvalue weighted by atomic mass is 79.9. The van der Waals surface area contributed by atoms with Crippen molar-refractivity contribution in [3.63, 3.8) is 0 Å². The van der Waals surface area contributed by atoms with Gasteiger partial charge in [0.2, 0.25) is 10.0 Å². The number of nitrogens with one attached hydrogen (secondary N) is 1. The van der Waals surface area contributed by atoms with Crippen LogP contribution in [0.2, 0.25) is 0 Å². The van der Waals surface area contributed by atoms with Crippen molar-refractivity contribution in [3.05, 3.63) is 26.6 Å². The highest BCUT2D eigenvalue weighted by Crippen LogP contribution is 2.29. The second-order valence-electron chi connectivity index (χ2n) is 4.75. The van der Waals surface area contributed by atoms with Crippen molar-refractivity contribution in [2.24, 2.45) is 0 Å². The minimum absolute atomic E-state index is 0.0267. The molecule has 5 nitrogen and oxygen atoms in total. The summed E-state index contributed by atoms with van der Waals surface area (Å²) in [4.78, 5) is 0.0965. The SMILES string of the molecule is Cc1cc(Br)c(S(=O)(=O)NC2CCS(=O)(=O)C2)cc1Br. The molecule has 1 heterocycles. The predicted octanol–water partition coefficient (Wildman–Crippen LogP) is 1.99. The van der Waals surface area contributed by atoms with E-state index in [-0.39, 0.29) is 16.4 Å². The van der Waals surface area contributed by atoms with E-state index in [4.69, 9.17) is 0 Å². The van der Waals surface area contributed by atoms with Gasteiger partial charge in [0.25, 0.3) is 0 Å². The fourth-order valence-corrected chi connectivity index (χ4v) is 6.73. The lowest BCUT2D eigenvalue weighted by Gasteiger charge is -2.13. The Hall–Kier alpha value is 0.0400. The number of benzene rings is 1. The van der Waals surface area contributed by atoms with Crippen LogP contribution in [0, 0.1) is 6.92 Å². The average molecular weight is 447 g/mol. The van der Waals surface area contributed by atoms with Crippen LogP contribution in [-0.2, 0) is 19.9 Å². The molecule has 112 valence electrons. The van der Waals surface area contributed by atoms with Gasteiger partial charge in [0, 0.05) is 15.0 Å². The molecule has 0 aliphatic carbocycles. The molecule has 1 aromatic carbocycles. The van der Waals surface area contributed by atoms with Gasteiger partial charge < -0.3 is 0 Å². The van der Waals surface area contributed by atoms with E-state index in [2.05, 4.69) is 36.6 Å². The van der Waals surface area contributed by atoms with Gasteiger partial charge in [0.15, 0.2) is 9.84 Å². The zero-order valence-corrected chi connectivity index (χ0v) is 15.4. The fraction of sp³-hybridized carbons (Fsp3) is 0.455. The molecule has 0 radical (unpaired) electrons. The molecule has 1 aromatic rings. The van der Waals surface area contributed by atoms with Gasteiger partial charge in [-0.2, -0.15) is 0 Å². The van der Waals surface area contributed by atoms with E-state index >= 15 is 0 Å². The fourth-order valence-electron chi connectivity index (χ4n) is 2.00. The number of sulfonamides is 1. The quantitative estimate of drug-likeness (QED) is 0.769. The molecule has 0 bridgehead atoms. The summed E-state index contributed by atoms with van der Waals surface area (Å²) in [7, 11) is -6.88. The third kappa shape index (κ3) is 3.62. The normalized spacial score (nSPS) is 22.1. The van der Waals surface area contributed by atoms with E-state index < -0.39 is 25.9 Å². The second kappa shape index (κ2) is 5.68. The molecule has 1 atom stereocenters. The number of rotatable bonds is 3. The Bertz CT molecular complexity index is 744. The van der Waals surface area contributed by atoms with E-state index in [9.17, 15) is 16.8 Å². The van der Waals surface area contributed by atoms with Crippen LogP contribution in [-0.4, -0.2) is 34.4 Å². The molecule has 1 aliphatic heterocycles. The standard InChI is InChI=1S/C11H13Br2NO4S2/c1-7-4-10(13)11(5-9(7)12)20(17,18)14-8-2-3-19(15,16)6-8/h4-5,8,14H,2-3,6H2,1H3. The maximum absolute atomic E-state index is 12.3. The molecule has 9 heteroatoms. The molecule has 1 aliphatic rings. The van der Waals surface area contributed by atoms with Crippen LogP contribution in [0.5, 0.6) is 0 Å². The largest absolute Gasteiger partial charge is 0.242 e. The lowest BCUT2D eigenvalue weighted by molar-refractivity contribution is 0.562. The van der Waals surface area contributed by atoms with E-state index in [1.807, 2.05) is 6.92 Å². The minimum Gasteiger partial charge on any atom is -0.229 e. The van der Waals surface area contributed by atoms with Gasteiger partial charge in [0.05, 0.1) is 16.4 Å². The lowest BCUT2D eigenvalue weighted by atomic mass is 10.2. The van der Waals surface area contributed by atoms with Gasteiger partial charge >= 0.3 is 0 Å². The van der Waals surface area contributed by atoms with Crippen LogP contribution < -0.4 is 4.72 Å². The van der Waals surface area contributed by atoms with Crippen LogP contribution in [0.15, 0.2) is 26.0 Å². The number of halogens is 2. The van der Waals surface area contributed by atoms with Crippen molar-refractivity contribution in [3.8, 4) is 0 Å². The summed E-state index contributed by atoms with van der Waals surface area (Å²) in [6, 6.07) is 2.65. The Labute approximate surface area is 135 Å². The molecule has 0 amide bonds. The molecule has 0 spiro atoms. The average Bonchev–Trinajstić information content (AvgIpc) is 2.62. The van der Waals surface area contributed by atoms with Gasteiger partial charge in [-0.05, 0) is 47.0 Å². The Morgan fingerprint density at radius 2 is 1.90 bits per heavy atom. The topological polar surface area (TPSA) is 80.3 Å². The van der Waals surface area contributed by atoms with Gasteiger partial charge in [-0.25, -0.2) is 21.6 Å². The van der Waals surface area contributed by atoms with Crippen molar-refractivity contribution in [1.29, 1.82) is 0 Å². The predicted molar refractivity (Wildman–Crippen MR) is 84.0 cm³/mol. The summed E-state index contributed by atoms with van der Waals surface area (Å²) in [5.74, 6) is -0.115. The summed E-state index contributed by atoms with van der Waals surface area (Å²) < 4.78 is 51.0. The molecule has 1 saturated heterocycles. The second-order valence-corrected chi connectivity index (χ2v) is 10.4. The van der Waals surface area contributed by atoms with E-state index in [1.54, 1.807) is 6.07 Å². The first-order chi connectivity index (χ1) is 9.11. The first-order valence-corrected chi connectivity index (χ1v) is 10.7. The molecule has 1 N–H and O–H groups in total. The van der Waals surface area contributed by atoms with Gasteiger partial charge in [-0.1, -0.05) is 15.9 Å².